The van der Waals surface area contributed by atoms with Crippen LogP contribution in [0, 0.1) is 35.5 Å². The number of hydrogen-bond donors (Lipinski definition) is 1. The van der Waals surface area contributed by atoms with Gasteiger partial charge in [0.2, 0.25) is 0 Å². The van der Waals surface area contributed by atoms with Crippen LogP contribution in [0.15, 0.2) is 0 Å². The van der Waals surface area contributed by atoms with Gasteiger partial charge in [0.15, 0.2) is 0 Å². The summed E-state index contributed by atoms with van der Waals surface area (Å²) in [4.78, 5) is 0. The summed E-state index contributed by atoms with van der Waals surface area (Å²) < 4.78 is 0. The molecule has 1 N–H and O–H groups in total. The second kappa shape index (κ2) is 5.15. The lowest BCUT2D eigenvalue weighted by atomic mass is 9.72. The highest BCUT2D eigenvalue weighted by molar-refractivity contribution is 5.06. The van der Waals surface area contributed by atoms with Gasteiger partial charge in [0.25, 0.3) is 0 Å². The van der Waals surface area contributed by atoms with Crippen molar-refractivity contribution >= 4 is 0 Å². The first-order valence-electron chi connectivity index (χ1n) is 8.38. The van der Waals surface area contributed by atoms with E-state index in [0.29, 0.717) is 0 Å². The first kappa shape index (κ1) is 13.0. The third-order valence-electron chi connectivity index (χ3n) is 6.19. The maximum atomic E-state index is 3.73. The Kier molecular flexibility index (Phi) is 3.71. The Bertz CT molecular complexity index is 265. The van der Waals surface area contributed by atoms with Crippen molar-refractivity contribution < 1.29 is 0 Å². The third-order valence-corrected chi connectivity index (χ3v) is 6.19. The molecular weight excluding hydrogens is 218 g/mol. The average molecular weight is 249 g/mol. The van der Waals surface area contributed by atoms with Crippen LogP contribution in [0.25, 0.3) is 0 Å². The highest BCUT2D eigenvalue weighted by Crippen LogP contribution is 2.59. The molecule has 3 fully saturated rings. The topological polar surface area (TPSA) is 12.0 Å². The molecule has 18 heavy (non-hydrogen) atoms. The van der Waals surface area contributed by atoms with Crippen molar-refractivity contribution in [1.29, 1.82) is 0 Å². The van der Waals surface area contributed by atoms with Gasteiger partial charge in [-0.05, 0) is 74.7 Å². The van der Waals surface area contributed by atoms with Crippen LogP contribution in [0.2, 0.25) is 0 Å². The van der Waals surface area contributed by atoms with Gasteiger partial charge >= 0.3 is 0 Å². The van der Waals surface area contributed by atoms with Crippen LogP contribution < -0.4 is 5.32 Å². The predicted octanol–water partition coefficient (Wildman–Crippen LogP) is 4.08. The van der Waals surface area contributed by atoms with Gasteiger partial charge < -0.3 is 5.32 Å². The lowest BCUT2D eigenvalue weighted by molar-refractivity contribution is 0.164. The molecule has 3 saturated carbocycles. The van der Waals surface area contributed by atoms with Crippen LogP contribution in [0.3, 0.4) is 0 Å². The zero-order valence-electron chi connectivity index (χ0n) is 12.5. The van der Waals surface area contributed by atoms with E-state index in [-0.39, 0.29) is 0 Å². The van der Waals surface area contributed by atoms with E-state index < -0.39 is 0 Å². The van der Waals surface area contributed by atoms with Crippen molar-refractivity contribution in [2.24, 2.45) is 35.5 Å². The van der Waals surface area contributed by atoms with Crippen LogP contribution in [-0.2, 0) is 0 Å². The minimum atomic E-state index is 0.836. The predicted molar refractivity (Wildman–Crippen MR) is 77.5 cm³/mol. The average Bonchev–Trinajstić information content (AvgIpc) is 3.04. The molecule has 5 atom stereocenters. The monoisotopic (exact) mass is 249 g/mol. The van der Waals surface area contributed by atoms with Crippen molar-refractivity contribution in [3.05, 3.63) is 0 Å². The van der Waals surface area contributed by atoms with Crippen LogP contribution in [-0.4, -0.2) is 13.1 Å². The molecule has 0 aromatic rings. The van der Waals surface area contributed by atoms with Crippen LogP contribution in [0.1, 0.15) is 58.8 Å². The summed E-state index contributed by atoms with van der Waals surface area (Å²) in [5.74, 6) is 6.11. The molecule has 0 heterocycles. The van der Waals surface area contributed by atoms with Crippen molar-refractivity contribution in [2.75, 3.05) is 7.05 Å². The largest absolute Gasteiger partial charge is 0.316 e. The Balaban J connectivity index is 1.65. The lowest BCUT2D eigenvalue weighted by Crippen LogP contribution is -2.40. The van der Waals surface area contributed by atoms with E-state index in [1.165, 1.54) is 44.9 Å². The van der Waals surface area contributed by atoms with Crippen LogP contribution in [0.4, 0.5) is 0 Å². The van der Waals surface area contributed by atoms with Gasteiger partial charge in [0.05, 0.1) is 0 Å². The van der Waals surface area contributed by atoms with E-state index in [0.717, 1.165) is 41.5 Å². The summed E-state index contributed by atoms with van der Waals surface area (Å²) in [5, 5.41) is 3.73. The number of nitrogens with one attached hydrogen (secondary N) is 1. The molecule has 104 valence electrons. The number of hydrogen-bond acceptors (Lipinski definition) is 1. The molecule has 3 rings (SSSR count). The molecule has 0 aliphatic heterocycles. The number of fused-ring (bicyclic) bond motifs is 1. The molecule has 3 aliphatic carbocycles. The van der Waals surface area contributed by atoms with Gasteiger partial charge in [-0.25, -0.2) is 0 Å². The molecule has 1 heteroatoms. The van der Waals surface area contributed by atoms with E-state index in [2.05, 4.69) is 26.2 Å². The fourth-order valence-corrected chi connectivity index (χ4v) is 5.63. The zero-order chi connectivity index (χ0) is 12.7. The molecule has 0 aromatic heterocycles. The Morgan fingerprint density at radius 1 is 0.889 bits per heavy atom. The smallest absolute Gasteiger partial charge is 0.0126 e. The van der Waals surface area contributed by atoms with Gasteiger partial charge in [-0.15, -0.1) is 0 Å². The minimum Gasteiger partial charge on any atom is -0.316 e. The van der Waals surface area contributed by atoms with Gasteiger partial charge in [0, 0.05) is 6.04 Å². The quantitative estimate of drug-likeness (QED) is 0.794. The van der Waals surface area contributed by atoms with E-state index in [4.69, 9.17) is 0 Å². The molecule has 0 amide bonds. The molecule has 0 bridgehead atoms. The molecule has 0 radical (unpaired) electrons. The summed E-state index contributed by atoms with van der Waals surface area (Å²) in [6.45, 7) is 4.94. The summed E-state index contributed by atoms with van der Waals surface area (Å²) in [6, 6.07) is 0.836. The molecule has 5 unspecified atom stereocenters. The second-order valence-electron chi connectivity index (χ2n) is 7.68. The normalized spacial score (nSPS) is 49.5. The van der Waals surface area contributed by atoms with Crippen LogP contribution >= 0.6 is 0 Å². The Labute approximate surface area is 113 Å². The lowest BCUT2D eigenvalue weighted by Gasteiger charge is -2.37. The van der Waals surface area contributed by atoms with Crippen LogP contribution in [0.5, 0.6) is 0 Å². The van der Waals surface area contributed by atoms with Gasteiger partial charge in [-0.3, -0.25) is 0 Å². The minimum absolute atomic E-state index is 0.836. The van der Waals surface area contributed by atoms with E-state index >= 15 is 0 Å². The Morgan fingerprint density at radius 3 is 1.94 bits per heavy atom. The maximum absolute atomic E-state index is 3.73. The van der Waals surface area contributed by atoms with E-state index in [9.17, 15) is 0 Å². The molecule has 0 aromatic carbocycles. The second-order valence-corrected chi connectivity index (χ2v) is 7.68. The zero-order valence-corrected chi connectivity index (χ0v) is 12.5. The first-order valence-corrected chi connectivity index (χ1v) is 8.38. The van der Waals surface area contributed by atoms with E-state index in [1.807, 2.05) is 0 Å². The highest BCUT2D eigenvalue weighted by Gasteiger charge is 2.55. The molecule has 3 aliphatic rings. The maximum Gasteiger partial charge on any atom is 0.0126 e. The first-order chi connectivity index (χ1) is 8.70. The van der Waals surface area contributed by atoms with Crippen molar-refractivity contribution in [1.82, 2.24) is 5.32 Å². The summed E-state index contributed by atoms with van der Waals surface area (Å²) in [6.07, 6.45) is 10.5. The highest BCUT2D eigenvalue weighted by atomic mass is 14.9. The van der Waals surface area contributed by atoms with Crippen molar-refractivity contribution in [3.8, 4) is 0 Å². The van der Waals surface area contributed by atoms with Gasteiger partial charge in [0.1, 0.15) is 0 Å². The number of rotatable bonds is 3. The molecule has 0 saturated heterocycles. The van der Waals surface area contributed by atoms with E-state index in [1.54, 1.807) is 0 Å². The Morgan fingerprint density at radius 2 is 1.44 bits per heavy atom. The third kappa shape index (κ3) is 2.35. The van der Waals surface area contributed by atoms with Crippen molar-refractivity contribution in [2.45, 2.75) is 64.8 Å². The fourth-order valence-electron chi connectivity index (χ4n) is 5.63. The molecule has 0 spiro atoms. The van der Waals surface area contributed by atoms with Gasteiger partial charge in [-0.2, -0.15) is 0 Å². The van der Waals surface area contributed by atoms with Gasteiger partial charge in [-0.1, -0.05) is 26.7 Å². The summed E-state index contributed by atoms with van der Waals surface area (Å²) in [5.41, 5.74) is 0. The summed E-state index contributed by atoms with van der Waals surface area (Å²) >= 11 is 0. The molecular formula is C17H31N. The summed E-state index contributed by atoms with van der Waals surface area (Å²) in [7, 11) is 2.22. The van der Waals surface area contributed by atoms with Crippen molar-refractivity contribution in [3.63, 3.8) is 0 Å². The fraction of sp³-hybridized carbons (Fsp3) is 1.00. The Hall–Kier alpha value is -0.0400. The SMILES string of the molecule is CNC(C1CC(C)CC(C)C1)C1C2CCCCC21. The molecule has 1 nitrogen and oxygen atoms in total. The standard InChI is InChI=1S/C17H31N/c1-11-8-12(2)10-13(9-11)17(18-3)16-14-6-4-5-7-15(14)16/h11-18H,4-10H2,1-3H3.